The van der Waals surface area contributed by atoms with E-state index in [1.54, 1.807) is 111 Å². The summed E-state index contributed by atoms with van der Waals surface area (Å²) in [4.78, 5) is 42.2. The van der Waals surface area contributed by atoms with E-state index < -0.39 is 25.9 Å². The third-order valence-corrected chi connectivity index (χ3v) is 9.41. The number of hydrogen-bond acceptors (Lipinski definition) is 4. The lowest BCUT2D eigenvalue weighted by Crippen LogP contribution is -2.32. The van der Waals surface area contributed by atoms with Crippen molar-refractivity contribution in [2.24, 2.45) is 0 Å². The second kappa shape index (κ2) is 10.9. The molecule has 0 aliphatic rings. The molecule has 0 saturated heterocycles. The molecule has 0 radical (unpaired) electrons. The molecular weight excluding hydrogens is 526 g/mol. The molecule has 0 bridgehead atoms. The third-order valence-electron chi connectivity index (χ3n) is 6.48. The first-order valence-electron chi connectivity index (χ1n) is 12.1. The molecule has 8 nitrogen and oxygen atoms in total. The minimum Gasteiger partial charge on any atom is -0.354 e. The van der Waals surface area contributed by atoms with Crippen molar-refractivity contribution in [1.29, 1.82) is 0 Å². The minimum absolute atomic E-state index is 0.0488. The summed E-state index contributed by atoms with van der Waals surface area (Å²) < 4.78 is 37.6. The van der Waals surface area contributed by atoms with Crippen LogP contribution >= 0.6 is 15.2 Å². The zero-order valence-electron chi connectivity index (χ0n) is 21.0. The van der Waals surface area contributed by atoms with E-state index in [2.05, 4.69) is 0 Å². The van der Waals surface area contributed by atoms with Crippen LogP contribution < -0.4 is 0 Å². The number of hydrogen-bond donors (Lipinski definition) is 4. The van der Waals surface area contributed by atoms with E-state index in [0.717, 1.165) is 0 Å². The van der Waals surface area contributed by atoms with Crippen molar-refractivity contribution in [1.82, 2.24) is 0 Å². The summed E-state index contributed by atoms with van der Waals surface area (Å²) in [7, 11) is -9.80. The average Bonchev–Trinajstić information content (AvgIpc) is 2.89. The molecule has 0 aromatic heterocycles. The maximum absolute atomic E-state index is 13.0. The Morgan fingerprint density at radius 3 is 1.18 bits per heavy atom. The Hall–Kier alpha value is -2.64. The van der Waals surface area contributed by atoms with Gasteiger partial charge in [0, 0.05) is 35.5 Å². The standard InChI is InChI=1S/C28H30O8P2/c1-3-35-27(37(29,30)31,23-11-7-5-8-12-23)25-17-15-22-20-26(18-16-21(22)19-25)28(36-4-2,38(32,33)34)24-13-9-6-10-14-24/h5-20H,3-4H2,1-2H3,(H2,29,30,31)(H2,32,33,34). The van der Waals surface area contributed by atoms with Gasteiger partial charge in [0.05, 0.1) is 0 Å². The Morgan fingerprint density at radius 1 is 0.553 bits per heavy atom. The van der Waals surface area contributed by atoms with Gasteiger partial charge in [-0.2, -0.15) is 0 Å². The number of fused-ring (bicyclic) bond motifs is 1. The normalized spacial score (nSPS) is 15.6. The molecule has 0 aliphatic carbocycles. The van der Waals surface area contributed by atoms with Gasteiger partial charge in [-0.25, -0.2) is 0 Å². The smallest absolute Gasteiger partial charge is 0.354 e. The van der Waals surface area contributed by atoms with Gasteiger partial charge in [0.1, 0.15) is 0 Å². The van der Waals surface area contributed by atoms with Gasteiger partial charge in [0.25, 0.3) is 0 Å². The predicted molar refractivity (Wildman–Crippen MR) is 146 cm³/mol. The first-order valence-corrected chi connectivity index (χ1v) is 15.3. The van der Waals surface area contributed by atoms with Crippen LogP contribution in [0.15, 0.2) is 97.1 Å². The van der Waals surface area contributed by atoms with E-state index >= 15 is 0 Å². The molecule has 4 aromatic rings. The Kier molecular flexibility index (Phi) is 8.10. The third kappa shape index (κ3) is 4.79. The SMILES string of the molecule is CCOC(c1ccccc1)(c1ccc2cc(C(OCC)(c3ccccc3)P(=O)(O)O)ccc2c1)P(=O)(O)O. The van der Waals surface area contributed by atoms with Crippen LogP contribution in [0.2, 0.25) is 0 Å². The van der Waals surface area contributed by atoms with Crippen LogP contribution in [0.25, 0.3) is 10.8 Å². The highest BCUT2D eigenvalue weighted by atomic mass is 31.2. The van der Waals surface area contributed by atoms with Crippen molar-refractivity contribution in [3.8, 4) is 0 Å². The van der Waals surface area contributed by atoms with Gasteiger partial charge >= 0.3 is 15.2 Å². The number of benzene rings is 4. The van der Waals surface area contributed by atoms with E-state index in [9.17, 15) is 28.7 Å². The van der Waals surface area contributed by atoms with Crippen LogP contribution in [0.4, 0.5) is 0 Å². The summed E-state index contributed by atoms with van der Waals surface area (Å²) in [5, 5.41) is -2.85. The zero-order valence-corrected chi connectivity index (χ0v) is 22.8. The Bertz CT molecular complexity index is 1380. The maximum atomic E-state index is 13.0. The van der Waals surface area contributed by atoms with E-state index in [4.69, 9.17) is 9.47 Å². The topological polar surface area (TPSA) is 134 Å². The molecule has 2 atom stereocenters. The molecule has 200 valence electrons. The highest BCUT2D eigenvalue weighted by Crippen LogP contribution is 2.63. The number of ether oxygens (including phenoxy) is 2. The van der Waals surface area contributed by atoms with Crippen LogP contribution in [-0.2, 0) is 29.3 Å². The minimum atomic E-state index is -4.90. The molecule has 0 fully saturated rings. The monoisotopic (exact) mass is 556 g/mol. The first-order chi connectivity index (χ1) is 18.0. The zero-order chi connectivity index (χ0) is 27.6. The van der Waals surface area contributed by atoms with Crippen LogP contribution in [-0.4, -0.2) is 32.8 Å². The second-order valence-electron chi connectivity index (χ2n) is 8.75. The molecule has 10 heteroatoms. The van der Waals surface area contributed by atoms with E-state index in [-0.39, 0.29) is 24.3 Å². The fraction of sp³-hybridized carbons (Fsp3) is 0.214. The molecule has 0 amide bonds. The van der Waals surface area contributed by atoms with Gasteiger partial charge in [-0.05, 0) is 36.8 Å². The lowest BCUT2D eigenvalue weighted by Gasteiger charge is -2.36. The van der Waals surface area contributed by atoms with Gasteiger partial charge in [-0.3, -0.25) is 9.13 Å². The molecule has 4 N–H and O–H groups in total. The Labute approximate surface area is 221 Å². The van der Waals surface area contributed by atoms with E-state index in [0.29, 0.717) is 21.9 Å². The molecule has 4 rings (SSSR count). The van der Waals surface area contributed by atoms with Crippen molar-refractivity contribution < 1.29 is 38.2 Å². The number of rotatable bonds is 10. The summed E-state index contributed by atoms with van der Waals surface area (Å²) in [5.41, 5.74) is 1.14. The van der Waals surface area contributed by atoms with Crippen molar-refractivity contribution in [2.45, 2.75) is 24.5 Å². The van der Waals surface area contributed by atoms with E-state index in [1.165, 1.54) is 0 Å². The lowest BCUT2D eigenvalue weighted by atomic mass is 9.94. The molecule has 0 saturated carbocycles. The Balaban J connectivity index is 1.95. The van der Waals surface area contributed by atoms with Gasteiger partial charge in [0.15, 0.2) is 0 Å². The maximum Gasteiger partial charge on any atom is 0.366 e. The van der Waals surface area contributed by atoms with Crippen LogP contribution in [0, 0.1) is 0 Å². The quantitative estimate of drug-likeness (QED) is 0.184. The average molecular weight is 556 g/mol. The Morgan fingerprint density at radius 2 is 0.895 bits per heavy atom. The molecule has 4 aromatic carbocycles. The molecule has 0 heterocycles. The van der Waals surface area contributed by atoms with Crippen LogP contribution in [0.1, 0.15) is 36.1 Å². The van der Waals surface area contributed by atoms with Gasteiger partial charge in [-0.1, -0.05) is 84.9 Å². The van der Waals surface area contributed by atoms with E-state index in [1.807, 2.05) is 0 Å². The van der Waals surface area contributed by atoms with Crippen molar-refractivity contribution in [2.75, 3.05) is 13.2 Å². The van der Waals surface area contributed by atoms with Gasteiger partial charge < -0.3 is 29.0 Å². The molecule has 38 heavy (non-hydrogen) atoms. The molecule has 2 unspecified atom stereocenters. The largest absolute Gasteiger partial charge is 0.366 e. The summed E-state index contributed by atoms with van der Waals surface area (Å²) in [6, 6.07) is 26.4. The molecule has 0 spiro atoms. The fourth-order valence-electron chi connectivity index (χ4n) is 4.92. The lowest BCUT2D eigenvalue weighted by molar-refractivity contribution is 0.0326. The first kappa shape index (κ1) is 28.4. The second-order valence-corrected chi connectivity index (χ2v) is 12.2. The predicted octanol–water partition coefficient (Wildman–Crippen LogP) is 5.67. The molecular formula is C28H30O8P2. The van der Waals surface area contributed by atoms with Gasteiger partial charge in [0.2, 0.25) is 10.7 Å². The van der Waals surface area contributed by atoms with Crippen LogP contribution in [0.3, 0.4) is 0 Å². The highest BCUT2D eigenvalue weighted by Gasteiger charge is 2.52. The summed E-state index contributed by atoms with van der Waals surface area (Å²) >= 11 is 0. The summed E-state index contributed by atoms with van der Waals surface area (Å²) in [6.45, 7) is 3.43. The van der Waals surface area contributed by atoms with Crippen LogP contribution in [0.5, 0.6) is 0 Å². The fourth-order valence-corrected chi connectivity index (χ4v) is 7.44. The van der Waals surface area contributed by atoms with Crippen molar-refractivity contribution in [3.63, 3.8) is 0 Å². The summed E-state index contributed by atoms with van der Waals surface area (Å²) in [6.07, 6.45) is 0. The van der Waals surface area contributed by atoms with Gasteiger partial charge in [-0.15, -0.1) is 0 Å². The molecule has 0 aliphatic heterocycles. The van der Waals surface area contributed by atoms with Crippen molar-refractivity contribution in [3.05, 3.63) is 119 Å². The van der Waals surface area contributed by atoms with Crippen molar-refractivity contribution >= 4 is 26.0 Å². The highest BCUT2D eigenvalue weighted by molar-refractivity contribution is 7.53. The summed E-state index contributed by atoms with van der Waals surface area (Å²) in [5.74, 6) is 0.